The lowest BCUT2D eigenvalue weighted by Crippen LogP contribution is -2.10. The first kappa shape index (κ1) is 18.0. The number of esters is 1. The van der Waals surface area contributed by atoms with Crippen LogP contribution in [0.2, 0.25) is 10.0 Å². The molecule has 2 aromatic carbocycles. The molecule has 24 heavy (non-hydrogen) atoms. The summed E-state index contributed by atoms with van der Waals surface area (Å²) < 4.78 is 4.67. The van der Waals surface area contributed by atoms with Crippen molar-refractivity contribution in [3.8, 4) is 0 Å². The van der Waals surface area contributed by atoms with E-state index in [2.05, 4.69) is 10.1 Å². The molecule has 0 fully saturated rings. The lowest BCUT2D eigenvalue weighted by atomic mass is 10.1. The van der Waals surface area contributed by atoms with E-state index in [1.807, 2.05) is 6.92 Å². The van der Waals surface area contributed by atoms with Gasteiger partial charge in [-0.15, -0.1) is 0 Å². The summed E-state index contributed by atoms with van der Waals surface area (Å²) in [5, 5.41) is 3.60. The van der Waals surface area contributed by atoms with Crippen molar-refractivity contribution in [2.24, 2.45) is 0 Å². The Balaban J connectivity index is 2.13. The molecule has 0 aliphatic carbocycles. The topological polar surface area (TPSA) is 55.4 Å². The molecule has 0 aromatic heterocycles. The summed E-state index contributed by atoms with van der Waals surface area (Å²) >= 11 is 11.8. The molecule has 1 N–H and O–H groups in total. The molecule has 0 unspecified atom stereocenters. The van der Waals surface area contributed by atoms with Crippen LogP contribution in [-0.4, -0.2) is 19.0 Å². The Hall–Kier alpha value is -2.30. The number of anilines is 1. The smallest absolute Gasteiger partial charge is 0.337 e. The third-order valence-electron chi connectivity index (χ3n) is 3.29. The largest absolute Gasteiger partial charge is 0.465 e. The maximum absolute atomic E-state index is 12.1. The van der Waals surface area contributed by atoms with Gasteiger partial charge >= 0.3 is 5.97 Å². The van der Waals surface area contributed by atoms with Crippen molar-refractivity contribution in [2.45, 2.75) is 6.92 Å². The van der Waals surface area contributed by atoms with Gasteiger partial charge in [0.25, 0.3) is 0 Å². The average Bonchev–Trinajstić information content (AvgIpc) is 2.57. The minimum absolute atomic E-state index is 0.328. The molecule has 4 nitrogen and oxygen atoms in total. The molecule has 0 aliphatic rings. The van der Waals surface area contributed by atoms with Crippen LogP contribution >= 0.6 is 23.2 Å². The zero-order valence-electron chi connectivity index (χ0n) is 13.1. The van der Waals surface area contributed by atoms with Crippen LogP contribution in [0.5, 0.6) is 0 Å². The molecule has 0 saturated heterocycles. The summed E-state index contributed by atoms with van der Waals surface area (Å²) in [5.41, 5.74) is 2.49. The Morgan fingerprint density at radius 3 is 2.50 bits per heavy atom. The SMILES string of the molecule is COC(=O)c1ccc(C)c(NC(=O)/C=C/c2ccc(Cl)c(Cl)c2)c1. The van der Waals surface area contributed by atoms with Crippen molar-refractivity contribution in [3.63, 3.8) is 0 Å². The third kappa shape index (κ3) is 4.60. The average molecular weight is 364 g/mol. The van der Waals surface area contributed by atoms with Crippen molar-refractivity contribution in [1.82, 2.24) is 0 Å². The van der Waals surface area contributed by atoms with Gasteiger partial charge in [0.05, 0.1) is 22.7 Å². The zero-order valence-corrected chi connectivity index (χ0v) is 14.6. The van der Waals surface area contributed by atoms with E-state index in [-0.39, 0.29) is 5.91 Å². The molecule has 0 atom stereocenters. The lowest BCUT2D eigenvalue weighted by molar-refractivity contribution is -0.111. The number of nitrogens with one attached hydrogen (secondary N) is 1. The van der Waals surface area contributed by atoms with Crippen LogP contribution in [0.4, 0.5) is 5.69 Å². The number of benzene rings is 2. The maximum Gasteiger partial charge on any atom is 0.337 e. The fraction of sp³-hybridized carbons (Fsp3) is 0.111. The molecule has 0 aliphatic heterocycles. The van der Waals surface area contributed by atoms with E-state index in [0.29, 0.717) is 21.3 Å². The van der Waals surface area contributed by atoms with E-state index in [9.17, 15) is 9.59 Å². The second-order valence-electron chi connectivity index (χ2n) is 5.02. The molecule has 0 spiro atoms. The van der Waals surface area contributed by atoms with Crippen LogP contribution in [-0.2, 0) is 9.53 Å². The van der Waals surface area contributed by atoms with E-state index in [4.69, 9.17) is 23.2 Å². The number of amides is 1. The fourth-order valence-corrected chi connectivity index (χ4v) is 2.27. The van der Waals surface area contributed by atoms with Gasteiger partial charge in [-0.25, -0.2) is 4.79 Å². The number of halogens is 2. The molecular formula is C18H15Cl2NO3. The van der Waals surface area contributed by atoms with E-state index >= 15 is 0 Å². The molecular weight excluding hydrogens is 349 g/mol. The van der Waals surface area contributed by atoms with Crippen LogP contribution in [0.1, 0.15) is 21.5 Å². The van der Waals surface area contributed by atoms with Gasteiger partial charge in [0, 0.05) is 11.8 Å². The minimum Gasteiger partial charge on any atom is -0.465 e. The van der Waals surface area contributed by atoms with Gasteiger partial charge in [-0.3, -0.25) is 4.79 Å². The number of hydrogen-bond acceptors (Lipinski definition) is 3. The van der Waals surface area contributed by atoms with Gasteiger partial charge in [0.15, 0.2) is 0 Å². The summed E-state index contributed by atoms with van der Waals surface area (Å²) in [6.07, 6.45) is 3.00. The van der Waals surface area contributed by atoms with E-state index in [0.717, 1.165) is 11.1 Å². The minimum atomic E-state index is -0.461. The zero-order chi connectivity index (χ0) is 17.7. The Morgan fingerprint density at radius 2 is 1.83 bits per heavy atom. The van der Waals surface area contributed by atoms with Crippen molar-refractivity contribution in [2.75, 3.05) is 12.4 Å². The summed E-state index contributed by atoms with van der Waals surface area (Å²) in [4.78, 5) is 23.6. The molecule has 0 saturated carbocycles. The Kier molecular flexibility index (Phi) is 6.01. The Bertz CT molecular complexity index is 816. The quantitative estimate of drug-likeness (QED) is 0.630. The van der Waals surface area contributed by atoms with Crippen molar-refractivity contribution < 1.29 is 14.3 Å². The third-order valence-corrected chi connectivity index (χ3v) is 4.03. The highest BCUT2D eigenvalue weighted by molar-refractivity contribution is 6.42. The number of rotatable bonds is 4. The van der Waals surface area contributed by atoms with Crippen molar-refractivity contribution >= 4 is 46.8 Å². The highest BCUT2D eigenvalue weighted by atomic mass is 35.5. The first-order valence-electron chi connectivity index (χ1n) is 7.04. The van der Waals surface area contributed by atoms with Crippen LogP contribution < -0.4 is 5.32 Å². The molecule has 124 valence electrons. The number of ether oxygens (including phenoxy) is 1. The van der Waals surface area contributed by atoms with Gasteiger partial charge in [-0.1, -0.05) is 35.3 Å². The number of methoxy groups -OCH3 is 1. The van der Waals surface area contributed by atoms with Gasteiger partial charge in [-0.05, 0) is 48.4 Å². The summed E-state index contributed by atoms with van der Waals surface area (Å²) in [6.45, 7) is 1.83. The fourth-order valence-electron chi connectivity index (χ4n) is 1.96. The number of hydrogen-bond donors (Lipinski definition) is 1. The summed E-state index contributed by atoms with van der Waals surface area (Å²) in [6, 6.07) is 10.0. The summed E-state index contributed by atoms with van der Waals surface area (Å²) in [5.74, 6) is -0.789. The number of carbonyl (C=O) groups is 2. The van der Waals surface area contributed by atoms with Crippen LogP contribution in [0.25, 0.3) is 6.08 Å². The van der Waals surface area contributed by atoms with E-state index in [1.54, 1.807) is 42.5 Å². The molecule has 0 bridgehead atoms. The molecule has 2 aromatic rings. The first-order valence-corrected chi connectivity index (χ1v) is 7.79. The van der Waals surface area contributed by atoms with Gasteiger partial charge in [-0.2, -0.15) is 0 Å². The van der Waals surface area contributed by atoms with Crippen LogP contribution in [0, 0.1) is 6.92 Å². The van der Waals surface area contributed by atoms with E-state index in [1.165, 1.54) is 13.2 Å². The predicted molar refractivity (Wildman–Crippen MR) is 96.6 cm³/mol. The predicted octanol–water partition coefficient (Wildman–Crippen LogP) is 4.74. The second-order valence-corrected chi connectivity index (χ2v) is 5.83. The molecule has 6 heteroatoms. The van der Waals surface area contributed by atoms with Crippen molar-refractivity contribution in [3.05, 3.63) is 69.2 Å². The second kappa shape index (κ2) is 7.99. The van der Waals surface area contributed by atoms with Gasteiger partial charge in [0.2, 0.25) is 5.91 Å². The van der Waals surface area contributed by atoms with Crippen molar-refractivity contribution in [1.29, 1.82) is 0 Å². The monoisotopic (exact) mass is 363 g/mol. The van der Waals surface area contributed by atoms with Gasteiger partial charge in [0.1, 0.15) is 0 Å². The van der Waals surface area contributed by atoms with E-state index < -0.39 is 5.97 Å². The first-order chi connectivity index (χ1) is 11.4. The lowest BCUT2D eigenvalue weighted by Gasteiger charge is -2.08. The van der Waals surface area contributed by atoms with Gasteiger partial charge < -0.3 is 10.1 Å². The highest BCUT2D eigenvalue weighted by Crippen LogP contribution is 2.23. The highest BCUT2D eigenvalue weighted by Gasteiger charge is 2.09. The number of carbonyl (C=O) groups excluding carboxylic acids is 2. The standard InChI is InChI=1S/C18H15Cl2NO3/c1-11-3-6-13(18(23)24-2)10-16(11)21-17(22)8-5-12-4-7-14(19)15(20)9-12/h3-10H,1-2H3,(H,21,22)/b8-5+. The summed E-state index contributed by atoms with van der Waals surface area (Å²) in [7, 11) is 1.31. The molecule has 2 rings (SSSR count). The van der Waals surface area contributed by atoms with Crippen LogP contribution in [0.3, 0.4) is 0 Å². The Labute approximate surface area is 150 Å². The van der Waals surface area contributed by atoms with Crippen LogP contribution in [0.15, 0.2) is 42.5 Å². The normalized spacial score (nSPS) is 10.7. The molecule has 0 heterocycles. The Morgan fingerprint density at radius 1 is 1.08 bits per heavy atom. The maximum atomic E-state index is 12.1. The molecule has 1 amide bonds. The molecule has 0 radical (unpaired) electrons. The number of aryl methyl sites for hydroxylation is 1.